The summed E-state index contributed by atoms with van der Waals surface area (Å²) in [5.74, 6) is -2.54. The smallest absolute Gasteiger partial charge is 0.335 e. The van der Waals surface area contributed by atoms with E-state index in [0.29, 0.717) is 6.21 Å². The molecule has 0 fully saturated rings. The van der Waals surface area contributed by atoms with Crippen LogP contribution in [0.15, 0.2) is 5.10 Å². The zero-order valence-corrected chi connectivity index (χ0v) is 9.54. The molecule has 10 nitrogen and oxygen atoms in total. The lowest BCUT2D eigenvalue weighted by Crippen LogP contribution is -2.48. The molecule has 106 valence electrons. The minimum absolute atomic E-state index is 0.462. The summed E-state index contributed by atoms with van der Waals surface area (Å²) in [4.78, 5) is 21.1. The van der Waals surface area contributed by atoms with Gasteiger partial charge in [0.15, 0.2) is 6.10 Å². The van der Waals surface area contributed by atoms with Gasteiger partial charge in [0.25, 0.3) is 5.91 Å². The van der Waals surface area contributed by atoms with Crippen molar-refractivity contribution in [1.29, 1.82) is 5.26 Å². The molecule has 0 radical (unpaired) electrons. The van der Waals surface area contributed by atoms with Gasteiger partial charge < -0.3 is 25.5 Å². The minimum Gasteiger partial charge on any atom is -0.479 e. The summed E-state index contributed by atoms with van der Waals surface area (Å²) in [7, 11) is 0. The number of carboxylic acid groups (broad SMARTS) is 1. The third-order valence-electron chi connectivity index (χ3n) is 1.93. The van der Waals surface area contributed by atoms with Crippen molar-refractivity contribution in [3.8, 4) is 6.07 Å². The summed E-state index contributed by atoms with van der Waals surface area (Å²) < 4.78 is 0. The van der Waals surface area contributed by atoms with E-state index in [0.717, 1.165) is 0 Å². The van der Waals surface area contributed by atoms with E-state index < -0.39 is 42.7 Å². The number of rotatable bonds is 7. The Hall–Kier alpha value is -2.06. The Morgan fingerprint density at radius 2 is 1.84 bits per heavy atom. The van der Waals surface area contributed by atoms with E-state index in [9.17, 15) is 24.9 Å². The Balaban J connectivity index is 4.38. The highest BCUT2D eigenvalue weighted by Crippen LogP contribution is 2.04. The largest absolute Gasteiger partial charge is 0.479 e. The zero-order valence-electron chi connectivity index (χ0n) is 9.54. The van der Waals surface area contributed by atoms with E-state index in [1.165, 1.54) is 6.07 Å². The first-order valence-corrected chi connectivity index (χ1v) is 4.95. The fraction of sp³-hybridized carbons (Fsp3) is 0.556. The third-order valence-corrected chi connectivity index (χ3v) is 1.93. The van der Waals surface area contributed by atoms with Crippen LogP contribution in [0.25, 0.3) is 0 Å². The zero-order chi connectivity index (χ0) is 15.0. The van der Waals surface area contributed by atoms with Gasteiger partial charge >= 0.3 is 5.97 Å². The van der Waals surface area contributed by atoms with Crippen LogP contribution in [0.2, 0.25) is 0 Å². The summed E-state index contributed by atoms with van der Waals surface area (Å²) in [6, 6.07) is 1.54. The first kappa shape index (κ1) is 16.9. The minimum atomic E-state index is -2.29. The highest BCUT2D eigenvalue weighted by atomic mass is 16.4. The Kier molecular flexibility index (Phi) is 7.23. The number of aliphatic hydroxyl groups is 4. The number of carbonyl (C=O) groups excluding carboxylic acids is 1. The monoisotopic (exact) mass is 275 g/mol. The van der Waals surface area contributed by atoms with Crippen molar-refractivity contribution in [2.45, 2.75) is 30.8 Å². The maximum atomic E-state index is 10.8. The number of hydrogen-bond donors (Lipinski definition) is 6. The predicted octanol–water partition coefficient (Wildman–Crippen LogP) is -3.47. The molecule has 0 saturated carbocycles. The van der Waals surface area contributed by atoms with Crippen molar-refractivity contribution in [3.05, 3.63) is 0 Å². The van der Waals surface area contributed by atoms with Crippen molar-refractivity contribution in [2.24, 2.45) is 5.10 Å². The first-order valence-electron chi connectivity index (χ1n) is 4.95. The van der Waals surface area contributed by atoms with Crippen molar-refractivity contribution in [2.75, 3.05) is 0 Å². The molecule has 0 rings (SSSR count). The van der Waals surface area contributed by atoms with Gasteiger partial charge in [0.1, 0.15) is 24.7 Å². The highest BCUT2D eigenvalue weighted by molar-refractivity contribution is 5.79. The molecule has 4 atom stereocenters. The van der Waals surface area contributed by atoms with Crippen LogP contribution in [0.4, 0.5) is 0 Å². The molecule has 0 aromatic rings. The Bertz CT molecular complexity index is 392. The molecule has 0 aromatic carbocycles. The van der Waals surface area contributed by atoms with Gasteiger partial charge in [-0.05, 0) is 0 Å². The molecule has 0 saturated heterocycles. The quantitative estimate of drug-likeness (QED) is 0.204. The van der Waals surface area contributed by atoms with Gasteiger partial charge in [-0.2, -0.15) is 10.4 Å². The number of nitrogens with zero attached hydrogens (tertiary/aromatic N) is 2. The van der Waals surface area contributed by atoms with Crippen molar-refractivity contribution >= 4 is 18.1 Å². The van der Waals surface area contributed by atoms with E-state index in [1.807, 2.05) is 5.43 Å². The van der Waals surface area contributed by atoms with Crippen molar-refractivity contribution < 1.29 is 35.1 Å². The van der Waals surface area contributed by atoms with E-state index in [2.05, 4.69) is 5.10 Å². The number of amides is 1. The average molecular weight is 275 g/mol. The lowest BCUT2D eigenvalue weighted by Gasteiger charge is -2.22. The number of aliphatic hydroxyl groups excluding tert-OH is 4. The average Bonchev–Trinajstić information content (AvgIpc) is 2.36. The number of carbonyl (C=O) groups is 2. The first-order chi connectivity index (χ1) is 8.81. The maximum absolute atomic E-state index is 10.8. The molecule has 0 bridgehead atoms. The lowest BCUT2D eigenvalue weighted by molar-refractivity contribution is -0.160. The topological polar surface area (TPSA) is 183 Å². The summed E-state index contributed by atoms with van der Waals surface area (Å²) in [5, 5.41) is 56.4. The van der Waals surface area contributed by atoms with Crippen LogP contribution in [-0.2, 0) is 9.59 Å². The molecule has 0 aliphatic rings. The molecule has 6 N–H and O–H groups in total. The van der Waals surface area contributed by atoms with E-state index in [1.54, 1.807) is 0 Å². The number of carboxylic acids is 1. The lowest BCUT2D eigenvalue weighted by atomic mass is 10.0. The summed E-state index contributed by atoms with van der Waals surface area (Å²) in [6.07, 6.45) is -8.14. The van der Waals surface area contributed by atoms with E-state index >= 15 is 0 Å². The van der Waals surface area contributed by atoms with Gasteiger partial charge in [0.2, 0.25) is 0 Å². The number of aliphatic carboxylic acids is 1. The van der Waals surface area contributed by atoms with Crippen LogP contribution >= 0.6 is 0 Å². The SMILES string of the molecule is N#CCC(=O)N/N=C\C(O)C(O)C(O)C(O)C(=O)O. The molecule has 1 amide bonds. The van der Waals surface area contributed by atoms with Crippen LogP contribution in [0, 0.1) is 11.3 Å². The number of hydrogen-bond acceptors (Lipinski definition) is 8. The molecular weight excluding hydrogens is 262 g/mol. The van der Waals surface area contributed by atoms with Gasteiger partial charge in [-0.3, -0.25) is 4.79 Å². The van der Waals surface area contributed by atoms with Gasteiger partial charge in [-0.1, -0.05) is 0 Å². The van der Waals surface area contributed by atoms with Gasteiger partial charge in [-0.15, -0.1) is 0 Å². The van der Waals surface area contributed by atoms with Gasteiger partial charge in [-0.25, -0.2) is 10.2 Å². The summed E-state index contributed by atoms with van der Waals surface area (Å²) in [6.45, 7) is 0. The molecule has 0 aliphatic carbocycles. The fourth-order valence-corrected chi connectivity index (χ4v) is 0.920. The standard InChI is InChI=1S/C9H13N3O7/c10-2-1-5(14)12-11-3-4(13)6(15)7(16)8(17)9(18)19/h3-4,6-8,13,15-17H,1H2,(H,12,14)(H,18,19)/b11-3-. The van der Waals surface area contributed by atoms with Crippen LogP contribution in [0.5, 0.6) is 0 Å². The maximum Gasteiger partial charge on any atom is 0.335 e. The summed E-state index contributed by atoms with van der Waals surface area (Å²) in [5.41, 5.74) is 1.84. The number of nitrogens with one attached hydrogen (secondary N) is 1. The van der Waals surface area contributed by atoms with Crippen LogP contribution in [0.3, 0.4) is 0 Å². The van der Waals surface area contributed by atoms with Gasteiger partial charge in [0, 0.05) is 0 Å². The van der Waals surface area contributed by atoms with E-state index in [-0.39, 0.29) is 0 Å². The van der Waals surface area contributed by atoms with Gasteiger partial charge in [0.05, 0.1) is 12.3 Å². The van der Waals surface area contributed by atoms with Crippen LogP contribution < -0.4 is 5.43 Å². The molecule has 0 aromatic heterocycles. The van der Waals surface area contributed by atoms with Crippen LogP contribution in [-0.4, -0.2) is 68.0 Å². The summed E-state index contributed by atoms with van der Waals surface area (Å²) >= 11 is 0. The van der Waals surface area contributed by atoms with Crippen LogP contribution in [0.1, 0.15) is 6.42 Å². The second-order valence-electron chi connectivity index (χ2n) is 3.40. The molecule has 10 heteroatoms. The molecule has 4 unspecified atom stereocenters. The van der Waals surface area contributed by atoms with Crippen molar-refractivity contribution in [3.63, 3.8) is 0 Å². The molecule has 0 spiro atoms. The Morgan fingerprint density at radius 3 is 2.32 bits per heavy atom. The normalized spacial score (nSPS) is 17.2. The molecule has 0 aliphatic heterocycles. The predicted molar refractivity (Wildman–Crippen MR) is 58.5 cm³/mol. The Labute approximate surface area is 107 Å². The molecule has 0 heterocycles. The number of hydrazone groups is 1. The van der Waals surface area contributed by atoms with Crippen molar-refractivity contribution in [1.82, 2.24) is 5.43 Å². The Morgan fingerprint density at radius 1 is 1.26 bits per heavy atom. The third kappa shape index (κ3) is 5.89. The highest BCUT2D eigenvalue weighted by Gasteiger charge is 2.33. The second-order valence-corrected chi connectivity index (χ2v) is 3.40. The fourth-order valence-electron chi connectivity index (χ4n) is 0.920. The molecular formula is C9H13N3O7. The molecule has 19 heavy (non-hydrogen) atoms. The number of nitriles is 1. The van der Waals surface area contributed by atoms with E-state index in [4.69, 9.17) is 15.5 Å². The second kappa shape index (κ2) is 8.11.